The molecule has 0 aliphatic carbocycles. The average molecular weight is 417 g/mol. The van der Waals surface area contributed by atoms with Crippen LogP contribution in [0.4, 0.5) is 11.4 Å². The molecular formula is C22H28N2O4S. The van der Waals surface area contributed by atoms with Gasteiger partial charge in [0.2, 0.25) is 15.9 Å². The Labute approximate surface area is 172 Å². The summed E-state index contributed by atoms with van der Waals surface area (Å²) in [4.78, 5) is 14.1. The topological polar surface area (TPSA) is 75.7 Å². The lowest BCUT2D eigenvalue weighted by molar-refractivity contribution is -0.119. The van der Waals surface area contributed by atoms with Crippen molar-refractivity contribution in [2.75, 3.05) is 29.0 Å². The Kier molecular flexibility index (Phi) is 6.47. The number of anilines is 2. The summed E-state index contributed by atoms with van der Waals surface area (Å²) in [6, 6.07) is 12.8. The van der Waals surface area contributed by atoms with Gasteiger partial charge in [-0.25, -0.2) is 8.42 Å². The second-order valence-corrected chi connectivity index (χ2v) is 9.60. The Morgan fingerprint density at radius 2 is 1.83 bits per heavy atom. The van der Waals surface area contributed by atoms with Crippen molar-refractivity contribution in [3.05, 3.63) is 53.6 Å². The lowest BCUT2D eigenvalue weighted by atomic mass is 9.99. The first-order valence-corrected chi connectivity index (χ1v) is 11.5. The minimum absolute atomic E-state index is 0.00558. The summed E-state index contributed by atoms with van der Waals surface area (Å²) in [5.74, 6) is 1.22. The molecule has 1 aliphatic rings. The molecule has 0 saturated heterocycles. The van der Waals surface area contributed by atoms with Crippen LogP contribution in [-0.4, -0.2) is 33.7 Å². The zero-order valence-electron chi connectivity index (χ0n) is 17.1. The van der Waals surface area contributed by atoms with Crippen molar-refractivity contribution < 1.29 is 17.9 Å². The van der Waals surface area contributed by atoms with Gasteiger partial charge in [0, 0.05) is 24.3 Å². The lowest BCUT2D eigenvalue weighted by Crippen LogP contribution is -2.37. The van der Waals surface area contributed by atoms with Gasteiger partial charge in [-0.2, -0.15) is 0 Å². The van der Waals surface area contributed by atoms with E-state index in [1.54, 1.807) is 13.2 Å². The molecule has 1 N–H and O–H groups in total. The van der Waals surface area contributed by atoms with Gasteiger partial charge in [0.25, 0.3) is 0 Å². The number of nitrogens with one attached hydrogen (secondary N) is 1. The van der Waals surface area contributed by atoms with Crippen LogP contribution in [0.5, 0.6) is 5.75 Å². The maximum atomic E-state index is 12.5. The number of fused-ring (bicyclic) bond motifs is 1. The molecule has 3 rings (SSSR count). The van der Waals surface area contributed by atoms with Crippen molar-refractivity contribution in [2.24, 2.45) is 5.92 Å². The third-order valence-electron chi connectivity index (χ3n) is 4.92. The second kappa shape index (κ2) is 8.86. The van der Waals surface area contributed by atoms with E-state index in [-0.39, 0.29) is 11.7 Å². The van der Waals surface area contributed by atoms with Crippen molar-refractivity contribution in [3.8, 4) is 5.75 Å². The molecule has 1 heterocycles. The molecule has 0 unspecified atom stereocenters. The monoisotopic (exact) mass is 416 g/mol. The first-order valence-electron chi connectivity index (χ1n) is 9.84. The molecule has 2 aromatic carbocycles. The highest BCUT2D eigenvalue weighted by Crippen LogP contribution is 2.31. The molecule has 0 atom stereocenters. The number of aryl methyl sites for hydroxylation is 2. The predicted octanol–water partition coefficient (Wildman–Crippen LogP) is 3.61. The van der Waals surface area contributed by atoms with Crippen molar-refractivity contribution in [3.63, 3.8) is 0 Å². The largest absolute Gasteiger partial charge is 0.497 e. The van der Waals surface area contributed by atoms with Crippen LogP contribution in [-0.2, 0) is 27.7 Å². The fourth-order valence-corrected chi connectivity index (χ4v) is 4.56. The molecule has 0 spiro atoms. The zero-order chi connectivity index (χ0) is 21.0. The van der Waals surface area contributed by atoms with Gasteiger partial charge in [-0.15, -0.1) is 0 Å². The van der Waals surface area contributed by atoms with Crippen LogP contribution >= 0.6 is 0 Å². The first kappa shape index (κ1) is 21.2. The number of nitrogens with zero attached hydrogens (tertiary/aromatic N) is 1. The summed E-state index contributed by atoms with van der Waals surface area (Å²) < 4.78 is 32.8. The molecule has 1 aliphatic heterocycles. The molecule has 0 aromatic heterocycles. The zero-order valence-corrected chi connectivity index (χ0v) is 18.0. The van der Waals surface area contributed by atoms with E-state index < -0.39 is 10.0 Å². The number of ether oxygens (including phenoxy) is 1. The lowest BCUT2D eigenvalue weighted by Gasteiger charge is -2.31. The number of hydrogen-bond donors (Lipinski definition) is 1. The van der Waals surface area contributed by atoms with Gasteiger partial charge in [0.05, 0.1) is 12.9 Å². The third kappa shape index (κ3) is 5.50. The number of amides is 1. The van der Waals surface area contributed by atoms with Crippen LogP contribution in [0.25, 0.3) is 0 Å². The highest BCUT2D eigenvalue weighted by atomic mass is 32.2. The van der Waals surface area contributed by atoms with Gasteiger partial charge in [0.15, 0.2) is 0 Å². The number of rotatable bonds is 8. The Morgan fingerprint density at radius 1 is 1.10 bits per heavy atom. The molecule has 7 heteroatoms. The molecule has 0 fully saturated rings. The Hall–Kier alpha value is -2.54. The molecule has 29 heavy (non-hydrogen) atoms. The van der Waals surface area contributed by atoms with Crippen LogP contribution in [0.1, 0.15) is 31.4 Å². The SMILES string of the molecule is COc1ccc(CCS(=O)(=O)Nc2ccc3c(c2)CCC(=O)N3CC(C)C)cc1. The fraction of sp³-hybridized carbons (Fsp3) is 0.409. The summed E-state index contributed by atoms with van der Waals surface area (Å²) in [6.45, 7) is 4.82. The van der Waals surface area contributed by atoms with Crippen LogP contribution in [0.3, 0.4) is 0 Å². The van der Waals surface area contributed by atoms with Crippen molar-refractivity contribution in [1.29, 1.82) is 0 Å². The van der Waals surface area contributed by atoms with Crippen molar-refractivity contribution >= 4 is 27.3 Å². The summed E-state index contributed by atoms with van der Waals surface area (Å²) >= 11 is 0. The van der Waals surface area contributed by atoms with E-state index in [1.165, 1.54) is 0 Å². The maximum absolute atomic E-state index is 12.5. The number of benzene rings is 2. The molecular weight excluding hydrogens is 388 g/mol. The van der Waals surface area contributed by atoms with E-state index in [1.807, 2.05) is 41.3 Å². The van der Waals surface area contributed by atoms with Gasteiger partial charge < -0.3 is 9.64 Å². The smallest absolute Gasteiger partial charge is 0.233 e. The Bertz CT molecular complexity index is 969. The normalized spacial score (nSPS) is 14.1. The van der Waals surface area contributed by atoms with E-state index in [9.17, 15) is 13.2 Å². The second-order valence-electron chi connectivity index (χ2n) is 7.76. The summed E-state index contributed by atoms with van der Waals surface area (Å²) in [5, 5.41) is 0. The first-order chi connectivity index (χ1) is 13.8. The van der Waals surface area contributed by atoms with E-state index in [4.69, 9.17) is 4.74 Å². The van der Waals surface area contributed by atoms with E-state index in [0.29, 0.717) is 37.4 Å². The number of methoxy groups -OCH3 is 1. The predicted molar refractivity (Wildman–Crippen MR) is 116 cm³/mol. The van der Waals surface area contributed by atoms with Crippen molar-refractivity contribution in [2.45, 2.75) is 33.1 Å². The molecule has 6 nitrogen and oxygen atoms in total. The number of carbonyl (C=O) groups excluding carboxylic acids is 1. The fourth-order valence-electron chi connectivity index (χ4n) is 3.46. The average Bonchev–Trinajstić information content (AvgIpc) is 2.68. The number of sulfonamides is 1. The molecule has 0 bridgehead atoms. The van der Waals surface area contributed by atoms with E-state index in [2.05, 4.69) is 18.6 Å². The van der Waals surface area contributed by atoms with Gasteiger partial charge in [-0.1, -0.05) is 26.0 Å². The summed E-state index contributed by atoms with van der Waals surface area (Å²) in [6.07, 6.45) is 1.50. The molecule has 0 radical (unpaired) electrons. The molecule has 0 saturated carbocycles. The highest BCUT2D eigenvalue weighted by molar-refractivity contribution is 7.92. The van der Waals surface area contributed by atoms with Crippen LogP contribution in [0, 0.1) is 5.92 Å². The van der Waals surface area contributed by atoms with E-state index >= 15 is 0 Å². The van der Waals surface area contributed by atoms with Gasteiger partial charge in [-0.3, -0.25) is 9.52 Å². The Morgan fingerprint density at radius 3 is 2.48 bits per heavy atom. The minimum atomic E-state index is -3.48. The van der Waals surface area contributed by atoms with Gasteiger partial charge >= 0.3 is 0 Å². The van der Waals surface area contributed by atoms with E-state index in [0.717, 1.165) is 22.6 Å². The quantitative estimate of drug-likeness (QED) is 0.713. The maximum Gasteiger partial charge on any atom is 0.233 e. The third-order valence-corrected chi connectivity index (χ3v) is 6.21. The summed E-state index contributed by atoms with van der Waals surface area (Å²) in [5.41, 5.74) is 3.36. The number of carbonyl (C=O) groups is 1. The standard InChI is InChI=1S/C22H28N2O4S/c1-16(2)15-24-21-10-7-19(14-18(21)6-11-22(24)25)23-29(26,27)13-12-17-4-8-20(28-3)9-5-17/h4-5,7-10,14,16,23H,6,11-13,15H2,1-3H3. The van der Waals surface area contributed by atoms with Gasteiger partial charge in [-0.05, 0) is 60.2 Å². The molecule has 1 amide bonds. The minimum Gasteiger partial charge on any atom is -0.497 e. The Balaban J connectivity index is 1.68. The van der Waals surface area contributed by atoms with Crippen LogP contribution in [0.2, 0.25) is 0 Å². The van der Waals surface area contributed by atoms with Gasteiger partial charge in [0.1, 0.15) is 5.75 Å². The van der Waals surface area contributed by atoms with Crippen LogP contribution < -0.4 is 14.4 Å². The number of hydrogen-bond acceptors (Lipinski definition) is 4. The highest BCUT2D eigenvalue weighted by Gasteiger charge is 2.25. The molecule has 2 aromatic rings. The summed E-state index contributed by atoms with van der Waals surface area (Å²) in [7, 11) is -1.88. The van der Waals surface area contributed by atoms with Crippen molar-refractivity contribution in [1.82, 2.24) is 0 Å². The molecule has 156 valence electrons. The van der Waals surface area contributed by atoms with Crippen LogP contribution in [0.15, 0.2) is 42.5 Å².